The average molecular weight is 413 g/mol. The first-order valence-corrected chi connectivity index (χ1v) is 11.0. The largest absolute Gasteiger partial charge is 0.350 e. The van der Waals surface area contributed by atoms with Crippen molar-refractivity contribution in [2.24, 2.45) is 0 Å². The molecular weight excluding hydrogens is 380 g/mol. The van der Waals surface area contributed by atoms with E-state index in [1.165, 1.54) is 11.8 Å². The molecule has 0 saturated carbocycles. The molecule has 0 aliphatic carbocycles. The number of hydrogen-bond acceptors (Lipinski definition) is 3. The van der Waals surface area contributed by atoms with Crippen molar-refractivity contribution in [3.63, 3.8) is 0 Å². The molecule has 0 unspecified atom stereocenters. The normalized spacial score (nSPS) is 12.3. The molecule has 0 spiro atoms. The molecule has 0 bridgehead atoms. The van der Waals surface area contributed by atoms with E-state index >= 15 is 0 Å². The Hall–Kier alpha value is -2.27. The van der Waals surface area contributed by atoms with Crippen molar-refractivity contribution in [2.75, 3.05) is 5.75 Å². The Morgan fingerprint density at radius 2 is 1.66 bits per heavy atom. The smallest absolute Gasteiger partial charge is 0.243 e. The van der Waals surface area contributed by atoms with Gasteiger partial charge < -0.3 is 10.2 Å². The molecule has 0 fully saturated rings. The van der Waals surface area contributed by atoms with Gasteiger partial charge >= 0.3 is 0 Å². The number of carbonyl (C=O) groups is 2. The van der Waals surface area contributed by atoms with Crippen molar-refractivity contribution in [1.29, 1.82) is 0 Å². The Kier molecular flexibility index (Phi) is 8.32. The van der Waals surface area contributed by atoms with Crippen LogP contribution in [0.5, 0.6) is 0 Å². The van der Waals surface area contributed by atoms with Crippen molar-refractivity contribution in [3.05, 3.63) is 65.7 Å². The first kappa shape index (κ1) is 23.0. The van der Waals surface area contributed by atoms with Gasteiger partial charge in [0, 0.05) is 17.0 Å². The molecule has 4 nitrogen and oxygen atoms in total. The molecule has 0 radical (unpaired) electrons. The summed E-state index contributed by atoms with van der Waals surface area (Å²) in [5, 5.41) is 3.04. The number of carbonyl (C=O) groups excluding carboxylic acids is 2. The maximum Gasteiger partial charge on any atom is 0.243 e. The van der Waals surface area contributed by atoms with E-state index in [0.717, 1.165) is 16.0 Å². The number of amides is 2. The van der Waals surface area contributed by atoms with Gasteiger partial charge in [0.15, 0.2) is 0 Å². The van der Waals surface area contributed by atoms with Crippen molar-refractivity contribution in [3.8, 4) is 0 Å². The third-order valence-electron chi connectivity index (χ3n) is 4.59. The average Bonchev–Trinajstić information content (AvgIpc) is 2.67. The fraction of sp³-hybridized carbons (Fsp3) is 0.417. The van der Waals surface area contributed by atoms with E-state index in [0.29, 0.717) is 18.7 Å². The Bertz CT molecular complexity index is 815. The second-order valence-corrected chi connectivity index (χ2v) is 9.26. The first-order chi connectivity index (χ1) is 13.7. The van der Waals surface area contributed by atoms with Crippen molar-refractivity contribution >= 4 is 23.6 Å². The van der Waals surface area contributed by atoms with Crippen molar-refractivity contribution < 1.29 is 9.59 Å². The van der Waals surface area contributed by atoms with Crippen LogP contribution in [-0.2, 0) is 16.1 Å². The third kappa shape index (κ3) is 7.24. The quantitative estimate of drug-likeness (QED) is 0.633. The minimum absolute atomic E-state index is 0.0296. The molecule has 2 amide bonds. The zero-order valence-corrected chi connectivity index (χ0v) is 18.9. The van der Waals surface area contributed by atoms with Crippen LogP contribution in [-0.4, -0.2) is 34.0 Å². The van der Waals surface area contributed by atoms with Gasteiger partial charge in [0.25, 0.3) is 0 Å². The fourth-order valence-corrected chi connectivity index (χ4v) is 3.89. The minimum atomic E-state index is -0.502. The van der Waals surface area contributed by atoms with Gasteiger partial charge in [-0.05, 0) is 57.4 Å². The highest BCUT2D eigenvalue weighted by atomic mass is 32.2. The molecule has 5 heteroatoms. The molecular formula is C24H32N2O2S. The topological polar surface area (TPSA) is 49.4 Å². The van der Waals surface area contributed by atoms with Gasteiger partial charge in [0.2, 0.25) is 11.8 Å². The van der Waals surface area contributed by atoms with Crippen molar-refractivity contribution in [1.82, 2.24) is 10.2 Å². The lowest BCUT2D eigenvalue weighted by Crippen LogP contribution is -2.53. The molecule has 156 valence electrons. The fourth-order valence-electron chi connectivity index (χ4n) is 3.09. The van der Waals surface area contributed by atoms with Crippen LogP contribution in [0, 0.1) is 6.92 Å². The summed E-state index contributed by atoms with van der Waals surface area (Å²) < 4.78 is 0. The maximum atomic E-state index is 13.2. The highest BCUT2D eigenvalue weighted by Crippen LogP contribution is 2.21. The summed E-state index contributed by atoms with van der Waals surface area (Å²) >= 11 is 1.50. The predicted molar refractivity (Wildman–Crippen MR) is 121 cm³/mol. The number of hydrogen-bond donors (Lipinski definition) is 1. The van der Waals surface area contributed by atoms with E-state index in [-0.39, 0.29) is 17.4 Å². The molecule has 1 atom stereocenters. The second kappa shape index (κ2) is 10.5. The summed E-state index contributed by atoms with van der Waals surface area (Å²) in [4.78, 5) is 29.0. The van der Waals surface area contributed by atoms with Gasteiger partial charge in [-0.3, -0.25) is 9.59 Å². The van der Waals surface area contributed by atoms with Crippen LogP contribution in [0.2, 0.25) is 0 Å². The van der Waals surface area contributed by atoms with Crippen LogP contribution in [0.25, 0.3) is 0 Å². The zero-order valence-electron chi connectivity index (χ0n) is 18.1. The van der Waals surface area contributed by atoms with Crippen LogP contribution in [0.4, 0.5) is 0 Å². The van der Waals surface area contributed by atoms with Crippen LogP contribution >= 0.6 is 11.8 Å². The lowest BCUT2D eigenvalue weighted by atomic mass is 10.0. The van der Waals surface area contributed by atoms with E-state index in [9.17, 15) is 9.59 Å². The standard InChI is InChI=1S/C24H32N2O2S/c1-6-21(23(28)25-24(3,4)5)26(16-19-13-11-10-12-18(19)2)22(27)17-29-20-14-8-7-9-15-20/h7-15,21H,6,16-17H2,1-5H3,(H,25,28)/t21-/m1/s1. The van der Waals surface area contributed by atoms with E-state index in [1.807, 2.05) is 89.2 Å². The van der Waals surface area contributed by atoms with Gasteiger partial charge in [-0.2, -0.15) is 0 Å². The van der Waals surface area contributed by atoms with Crippen molar-refractivity contribution in [2.45, 2.75) is 64.1 Å². The molecule has 0 aliphatic heterocycles. The van der Waals surface area contributed by atoms with Crippen LogP contribution < -0.4 is 5.32 Å². The Balaban J connectivity index is 2.24. The van der Waals surface area contributed by atoms with Crippen LogP contribution in [0.15, 0.2) is 59.5 Å². The number of nitrogens with one attached hydrogen (secondary N) is 1. The molecule has 2 rings (SSSR count). The van der Waals surface area contributed by atoms with Gasteiger partial charge in [0.05, 0.1) is 5.75 Å². The summed E-state index contributed by atoms with van der Waals surface area (Å²) in [5.41, 5.74) is 1.83. The molecule has 2 aromatic rings. The molecule has 0 aromatic heterocycles. The molecule has 1 N–H and O–H groups in total. The Morgan fingerprint density at radius 1 is 1.03 bits per heavy atom. The summed E-state index contributed by atoms with van der Waals surface area (Å²) in [6.07, 6.45) is 0.565. The number of aryl methyl sites for hydroxylation is 1. The summed E-state index contributed by atoms with van der Waals surface area (Å²) in [6, 6.07) is 17.4. The number of thioether (sulfide) groups is 1. The summed E-state index contributed by atoms with van der Waals surface area (Å²) in [6.45, 7) is 10.3. The molecule has 2 aromatic carbocycles. The van der Waals surface area contributed by atoms with E-state index in [1.54, 1.807) is 4.90 Å². The van der Waals surface area contributed by atoms with E-state index in [2.05, 4.69) is 5.32 Å². The van der Waals surface area contributed by atoms with Gasteiger partial charge in [-0.25, -0.2) is 0 Å². The van der Waals surface area contributed by atoms with Gasteiger partial charge in [-0.1, -0.05) is 49.4 Å². The molecule has 0 saturated heterocycles. The predicted octanol–water partition coefficient (Wildman–Crippen LogP) is 4.81. The van der Waals surface area contributed by atoms with Gasteiger partial charge in [0.1, 0.15) is 6.04 Å². The molecule has 29 heavy (non-hydrogen) atoms. The highest BCUT2D eigenvalue weighted by molar-refractivity contribution is 8.00. The molecule has 0 heterocycles. The first-order valence-electron chi connectivity index (χ1n) is 10.0. The highest BCUT2D eigenvalue weighted by Gasteiger charge is 2.30. The van der Waals surface area contributed by atoms with Crippen LogP contribution in [0.3, 0.4) is 0 Å². The minimum Gasteiger partial charge on any atom is -0.350 e. The monoisotopic (exact) mass is 412 g/mol. The number of benzene rings is 2. The van der Waals surface area contributed by atoms with Gasteiger partial charge in [-0.15, -0.1) is 11.8 Å². The Morgan fingerprint density at radius 3 is 2.24 bits per heavy atom. The third-order valence-corrected chi connectivity index (χ3v) is 5.59. The van der Waals surface area contributed by atoms with E-state index < -0.39 is 6.04 Å². The number of rotatable bonds is 8. The zero-order chi connectivity index (χ0) is 21.4. The number of nitrogens with zero attached hydrogens (tertiary/aromatic N) is 1. The lowest BCUT2D eigenvalue weighted by molar-refractivity contribution is -0.140. The summed E-state index contributed by atoms with van der Waals surface area (Å²) in [7, 11) is 0. The van der Waals surface area contributed by atoms with Crippen LogP contribution in [0.1, 0.15) is 45.2 Å². The van der Waals surface area contributed by atoms with E-state index in [4.69, 9.17) is 0 Å². The lowest BCUT2D eigenvalue weighted by Gasteiger charge is -2.33. The summed E-state index contributed by atoms with van der Waals surface area (Å²) in [5.74, 6) is 0.166. The Labute approximate surface area is 179 Å². The second-order valence-electron chi connectivity index (χ2n) is 8.21. The maximum absolute atomic E-state index is 13.2. The SMILES string of the molecule is CC[C@H](C(=O)NC(C)(C)C)N(Cc1ccccc1C)C(=O)CSc1ccccc1. The molecule has 0 aliphatic rings.